The quantitative estimate of drug-likeness (QED) is 0.661. The summed E-state index contributed by atoms with van der Waals surface area (Å²) < 4.78 is 17.6. The molecular weight excluding hydrogens is 338 g/mol. The maximum atomic E-state index is 12.6. The van der Waals surface area contributed by atoms with Gasteiger partial charge in [0, 0.05) is 12.0 Å². The fraction of sp³-hybridized carbons (Fsp3) is 0.444. The smallest absolute Gasteiger partial charge is 0.326 e. The van der Waals surface area contributed by atoms with Crippen molar-refractivity contribution in [3.63, 3.8) is 0 Å². The lowest BCUT2D eigenvalue weighted by Crippen LogP contribution is -2.32. The number of hydrogen-bond donors (Lipinski definition) is 0. The van der Waals surface area contributed by atoms with Gasteiger partial charge in [-0.1, -0.05) is 0 Å². The van der Waals surface area contributed by atoms with Crippen molar-refractivity contribution < 1.29 is 18.7 Å². The van der Waals surface area contributed by atoms with Crippen LogP contribution in [0.15, 0.2) is 21.6 Å². The van der Waals surface area contributed by atoms with Gasteiger partial charge < -0.3 is 13.9 Å². The van der Waals surface area contributed by atoms with Gasteiger partial charge in [0.15, 0.2) is 0 Å². The van der Waals surface area contributed by atoms with E-state index in [-0.39, 0.29) is 24.3 Å². The Bertz CT molecular complexity index is 1080. The number of pyridine rings is 1. The molecule has 0 spiro atoms. The van der Waals surface area contributed by atoms with E-state index in [2.05, 4.69) is 9.97 Å². The fourth-order valence-electron chi connectivity index (χ4n) is 3.14. The van der Waals surface area contributed by atoms with Crippen molar-refractivity contribution in [2.45, 2.75) is 45.9 Å². The third kappa shape index (κ3) is 2.76. The highest BCUT2D eigenvalue weighted by atomic mass is 16.5. The van der Waals surface area contributed by atoms with Gasteiger partial charge >= 0.3 is 5.97 Å². The summed E-state index contributed by atoms with van der Waals surface area (Å²) in [6.45, 7) is 6.23. The van der Waals surface area contributed by atoms with Crippen molar-refractivity contribution in [1.82, 2.24) is 14.5 Å². The summed E-state index contributed by atoms with van der Waals surface area (Å²) in [7, 11) is 0. The van der Waals surface area contributed by atoms with E-state index in [1.807, 2.05) is 19.9 Å². The minimum Gasteiger partial charge on any atom is -0.465 e. The predicted octanol–water partition coefficient (Wildman–Crippen LogP) is 1.95. The maximum Gasteiger partial charge on any atom is 0.326 e. The van der Waals surface area contributed by atoms with Crippen molar-refractivity contribution in [3.05, 3.63) is 34.0 Å². The lowest BCUT2D eigenvalue weighted by Gasteiger charge is -2.30. The zero-order valence-corrected chi connectivity index (χ0v) is 14.9. The second kappa shape index (κ2) is 5.91. The van der Waals surface area contributed by atoms with Gasteiger partial charge in [-0.25, -0.2) is 9.97 Å². The van der Waals surface area contributed by atoms with Crippen molar-refractivity contribution in [2.75, 3.05) is 6.61 Å². The molecule has 0 radical (unpaired) electrons. The number of esters is 1. The van der Waals surface area contributed by atoms with Crippen LogP contribution in [0.4, 0.5) is 0 Å². The molecule has 0 bridgehead atoms. The van der Waals surface area contributed by atoms with Crippen molar-refractivity contribution in [2.24, 2.45) is 0 Å². The summed E-state index contributed by atoms with van der Waals surface area (Å²) >= 11 is 0. The molecule has 0 saturated heterocycles. The zero-order chi connectivity index (χ0) is 18.5. The molecule has 0 unspecified atom stereocenters. The van der Waals surface area contributed by atoms with E-state index in [0.717, 1.165) is 11.3 Å². The molecule has 0 fully saturated rings. The second-order valence-corrected chi connectivity index (χ2v) is 6.93. The van der Waals surface area contributed by atoms with Gasteiger partial charge in [-0.05, 0) is 26.8 Å². The number of hydrogen-bond acceptors (Lipinski definition) is 7. The molecule has 8 nitrogen and oxygen atoms in total. The van der Waals surface area contributed by atoms with Crippen LogP contribution in [0.2, 0.25) is 0 Å². The van der Waals surface area contributed by atoms with E-state index in [9.17, 15) is 9.59 Å². The van der Waals surface area contributed by atoms with Crippen LogP contribution >= 0.6 is 0 Å². The van der Waals surface area contributed by atoms with Crippen LogP contribution in [0.25, 0.3) is 22.2 Å². The van der Waals surface area contributed by atoms with E-state index in [4.69, 9.17) is 13.9 Å². The topological polar surface area (TPSA) is 96.5 Å². The molecule has 0 N–H and O–H groups in total. The number of fused-ring (bicyclic) bond motifs is 4. The molecule has 0 saturated carbocycles. The Hall–Kier alpha value is -2.74. The Kier molecular flexibility index (Phi) is 3.80. The summed E-state index contributed by atoms with van der Waals surface area (Å²) in [6.07, 6.45) is 1.99. The number of furan rings is 1. The van der Waals surface area contributed by atoms with Gasteiger partial charge in [-0.3, -0.25) is 14.2 Å². The Balaban J connectivity index is 1.83. The molecule has 3 aromatic heterocycles. The number of nitrogens with zero attached hydrogens (tertiary/aromatic N) is 3. The highest BCUT2D eigenvalue weighted by Crippen LogP contribution is 2.31. The lowest BCUT2D eigenvalue weighted by atomic mass is 9.95. The van der Waals surface area contributed by atoms with Crippen molar-refractivity contribution in [1.29, 1.82) is 0 Å². The number of aromatic nitrogens is 3. The third-order valence-electron chi connectivity index (χ3n) is 4.42. The Labute approximate surface area is 148 Å². The van der Waals surface area contributed by atoms with Crippen LogP contribution in [-0.4, -0.2) is 32.7 Å². The van der Waals surface area contributed by atoms with E-state index in [0.29, 0.717) is 29.6 Å². The van der Waals surface area contributed by atoms with Crippen molar-refractivity contribution >= 4 is 28.2 Å². The maximum absolute atomic E-state index is 12.6. The molecule has 4 heterocycles. The molecule has 136 valence electrons. The first-order valence-corrected chi connectivity index (χ1v) is 8.48. The summed E-state index contributed by atoms with van der Waals surface area (Å²) in [5.74, 6) is -0.500. The van der Waals surface area contributed by atoms with Gasteiger partial charge in [-0.15, -0.1) is 0 Å². The lowest BCUT2D eigenvalue weighted by molar-refractivity contribution is -0.143. The minimum absolute atomic E-state index is 0.0850. The number of rotatable bonds is 3. The van der Waals surface area contributed by atoms with Crippen LogP contribution in [0, 0.1) is 0 Å². The molecule has 4 rings (SSSR count). The van der Waals surface area contributed by atoms with Crippen LogP contribution in [0.3, 0.4) is 0 Å². The molecule has 3 aromatic rings. The summed E-state index contributed by atoms with van der Waals surface area (Å²) in [4.78, 5) is 33.2. The normalized spacial score (nSPS) is 16.0. The minimum atomic E-state index is -0.500. The van der Waals surface area contributed by atoms with Gasteiger partial charge in [0.1, 0.15) is 12.1 Å². The molecule has 8 heteroatoms. The van der Waals surface area contributed by atoms with Crippen molar-refractivity contribution in [3.8, 4) is 0 Å². The number of carbonyl (C=O) groups excluding carboxylic acids is 1. The molecule has 0 amide bonds. The van der Waals surface area contributed by atoms with Gasteiger partial charge in [0.2, 0.25) is 11.3 Å². The first-order valence-electron chi connectivity index (χ1n) is 8.48. The highest BCUT2D eigenvalue weighted by molar-refractivity contribution is 6.00. The fourth-order valence-corrected chi connectivity index (χ4v) is 3.14. The van der Waals surface area contributed by atoms with Crippen LogP contribution in [0.5, 0.6) is 0 Å². The predicted molar refractivity (Wildman–Crippen MR) is 92.8 cm³/mol. The monoisotopic (exact) mass is 357 g/mol. The molecule has 1 aliphatic heterocycles. The molecule has 26 heavy (non-hydrogen) atoms. The highest BCUT2D eigenvalue weighted by Gasteiger charge is 2.28. The molecule has 0 atom stereocenters. The molecule has 0 aliphatic carbocycles. The van der Waals surface area contributed by atoms with Crippen LogP contribution < -0.4 is 5.56 Å². The van der Waals surface area contributed by atoms with E-state index >= 15 is 0 Å². The van der Waals surface area contributed by atoms with Crippen LogP contribution in [0.1, 0.15) is 32.0 Å². The van der Waals surface area contributed by atoms with Crippen LogP contribution in [-0.2, 0) is 33.8 Å². The largest absolute Gasteiger partial charge is 0.465 e. The zero-order valence-electron chi connectivity index (χ0n) is 14.9. The SMILES string of the molecule is CCOC(=O)Cn1cnc2c(oc3nc4c(cc32)COC(C)(C)C4)c1=O. The number of carbonyl (C=O) groups is 1. The van der Waals surface area contributed by atoms with Gasteiger partial charge in [0.05, 0.1) is 36.2 Å². The van der Waals surface area contributed by atoms with E-state index in [1.165, 1.54) is 10.9 Å². The van der Waals surface area contributed by atoms with Gasteiger partial charge in [0.25, 0.3) is 5.56 Å². The summed E-state index contributed by atoms with van der Waals surface area (Å²) in [5.41, 5.74) is 2.04. The molecule has 1 aliphatic rings. The number of ether oxygens (including phenoxy) is 2. The second-order valence-electron chi connectivity index (χ2n) is 6.93. The molecule has 0 aromatic carbocycles. The van der Waals surface area contributed by atoms with Gasteiger partial charge in [-0.2, -0.15) is 0 Å². The Morgan fingerprint density at radius 3 is 3.00 bits per heavy atom. The first-order chi connectivity index (χ1) is 12.4. The first kappa shape index (κ1) is 16.7. The van der Waals surface area contributed by atoms with E-state index < -0.39 is 11.5 Å². The summed E-state index contributed by atoms with van der Waals surface area (Å²) in [5, 5.41) is 0.669. The Morgan fingerprint density at radius 1 is 1.42 bits per heavy atom. The van der Waals surface area contributed by atoms with E-state index in [1.54, 1.807) is 6.92 Å². The standard InChI is InChI=1S/C18H19N3O5/c1-4-24-13(22)7-21-9-19-14-11-5-10-8-25-18(2,3)6-12(10)20-16(11)26-15(14)17(21)23/h5,9H,4,6-8H2,1-3H3. The average Bonchev–Trinajstić information content (AvgIpc) is 2.93. The third-order valence-corrected chi connectivity index (χ3v) is 4.42. The summed E-state index contributed by atoms with van der Waals surface area (Å²) in [6, 6.07) is 1.92. The Morgan fingerprint density at radius 2 is 2.23 bits per heavy atom. The average molecular weight is 357 g/mol. The molecular formula is C18H19N3O5.